The molecule has 0 spiro atoms. The van der Waals surface area contributed by atoms with Crippen LogP contribution in [0.25, 0.3) is 0 Å². The van der Waals surface area contributed by atoms with Gasteiger partial charge < -0.3 is 14.8 Å². The predicted molar refractivity (Wildman–Crippen MR) is 70.6 cm³/mol. The molecule has 1 aromatic carbocycles. The summed E-state index contributed by atoms with van der Waals surface area (Å²) < 4.78 is 9.82. The summed E-state index contributed by atoms with van der Waals surface area (Å²) in [4.78, 5) is 35.4. The third kappa shape index (κ3) is 2.49. The number of hydrogen-bond acceptors (Lipinski definition) is 6. The molecule has 1 aromatic rings. The van der Waals surface area contributed by atoms with Gasteiger partial charge in [0.1, 0.15) is 0 Å². The fraction of sp³-hybridized carbons (Fsp3) is 0.308. The van der Waals surface area contributed by atoms with Crippen molar-refractivity contribution in [3.63, 3.8) is 0 Å². The van der Waals surface area contributed by atoms with Crippen LogP contribution in [0.15, 0.2) is 23.1 Å². The van der Waals surface area contributed by atoms with Crippen LogP contribution >= 0.6 is 11.8 Å². The zero-order valence-electron chi connectivity index (χ0n) is 10.4. The van der Waals surface area contributed by atoms with Gasteiger partial charge in [0.2, 0.25) is 12.0 Å². The van der Waals surface area contributed by atoms with Crippen molar-refractivity contribution in [3.05, 3.63) is 23.8 Å². The zero-order valence-corrected chi connectivity index (χ0v) is 11.2. The summed E-state index contributed by atoms with van der Waals surface area (Å²) in [5, 5.41) is 2.70. The van der Waals surface area contributed by atoms with E-state index >= 15 is 0 Å². The van der Waals surface area contributed by atoms with Crippen LogP contribution in [0.5, 0.6) is 0 Å². The first-order valence-electron chi connectivity index (χ1n) is 6.08. The van der Waals surface area contributed by atoms with Crippen molar-refractivity contribution in [2.75, 3.05) is 17.7 Å². The summed E-state index contributed by atoms with van der Waals surface area (Å²) in [6.45, 7) is 0.271. The number of nitrogens with one attached hydrogen (secondary N) is 1. The van der Waals surface area contributed by atoms with E-state index in [4.69, 9.17) is 9.47 Å². The molecule has 1 amide bonds. The van der Waals surface area contributed by atoms with E-state index in [0.29, 0.717) is 23.4 Å². The second-order valence-electron chi connectivity index (χ2n) is 4.40. The van der Waals surface area contributed by atoms with E-state index in [9.17, 15) is 14.4 Å². The van der Waals surface area contributed by atoms with Crippen LogP contribution in [0.2, 0.25) is 0 Å². The van der Waals surface area contributed by atoms with Gasteiger partial charge in [-0.3, -0.25) is 4.79 Å². The van der Waals surface area contributed by atoms with Crippen LogP contribution in [0.1, 0.15) is 16.8 Å². The minimum absolute atomic E-state index is 0.104. The van der Waals surface area contributed by atoms with E-state index in [1.807, 2.05) is 0 Å². The highest BCUT2D eigenvalue weighted by Crippen LogP contribution is 2.32. The lowest BCUT2D eigenvalue weighted by atomic mass is 10.2. The average Bonchev–Trinajstić information content (AvgIpc) is 2.83. The van der Waals surface area contributed by atoms with E-state index in [2.05, 4.69) is 5.32 Å². The number of carbonyl (C=O) groups excluding carboxylic acids is 3. The van der Waals surface area contributed by atoms with Gasteiger partial charge in [-0.2, -0.15) is 0 Å². The number of hydrogen-bond donors (Lipinski definition) is 1. The molecular weight excluding hydrogens is 282 g/mol. The molecule has 3 rings (SSSR count). The fourth-order valence-corrected chi connectivity index (χ4v) is 2.78. The molecule has 1 fully saturated rings. The van der Waals surface area contributed by atoms with Crippen molar-refractivity contribution in [2.45, 2.75) is 17.4 Å². The number of cyclic esters (lactones) is 1. The van der Waals surface area contributed by atoms with Crippen molar-refractivity contribution in [2.24, 2.45) is 0 Å². The summed E-state index contributed by atoms with van der Waals surface area (Å²) >= 11 is 1.41. The molecule has 7 heteroatoms. The number of rotatable bonds is 2. The number of amides is 1. The molecule has 1 atom stereocenters. The molecular formula is C13H11NO5S. The van der Waals surface area contributed by atoms with Crippen LogP contribution in [0.3, 0.4) is 0 Å². The highest BCUT2D eigenvalue weighted by atomic mass is 32.2. The Kier molecular flexibility index (Phi) is 3.35. The average molecular weight is 293 g/mol. The Morgan fingerprint density at radius 1 is 1.40 bits per heavy atom. The summed E-state index contributed by atoms with van der Waals surface area (Å²) in [7, 11) is 0. The highest BCUT2D eigenvalue weighted by molar-refractivity contribution is 8.00. The third-order valence-corrected chi connectivity index (χ3v) is 4.06. The van der Waals surface area contributed by atoms with Crippen LogP contribution in [-0.2, 0) is 19.1 Å². The predicted octanol–water partition coefficient (Wildman–Crippen LogP) is 1.20. The van der Waals surface area contributed by atoms with Crippen molar-refractivity contribution in [1.82, 2.24) is 0 Å². The van der Waals surface area contributed by atoms with Gasteiger partial charge in [0, 0.05) is 11.3 Å². The van der Waals surface area contributed by atoms with Crippen LogP contribution in [0.4, 0.5) is 5.69 Å². The first-order valence-corrected chi connectivity index (χ1v) is 7.06. The van der Waals surface area contributed by atoms with Gasteiger partial charge in [0.15, 0.2) is 0 Å². The molecule has 1 saturated heterocycles. The maximum absolute atomic E-state index is 12.0. The van der Waals surface area contributed by atoms with Crippen molar-refractivity contribution in [3.8, 4) is 0 Å². The Morgan fingerprint density at radius 3 is 3.00 bits per heavy atom. The smallest absolute Gasteiger partial charge is 0.347 e. The summed E-state index contributed by atoms with van der Waals surface area (Å²) in [5.41, 5.74) is 0.890. The number of carbonyl (C=O) groups is 3. The number of thioether (sulfide) groups is 1. The number of benzene rings is 1. The molecule has 0 aliphatic carbocycles. The quantitative estimate of drug-likeness (QED) is 0.825. The van der Waals surface area contributed by atoms with Crippen molar-refractivity contribution >= 4 is 35.3 Å². The van der Waals surface area contributed by atoms with Gasteiger partial charge in [-0.15, -0.1) is 11.8 Å². The first-order chi connectivity index (χ1) is 9.63. The standard InChI is InChI=1S/C13H11NO5S/c15-11-6-20-10-2-1-7(5-8(10)14-11)12(16)19-9-3-4-18-13(9)17/h1-2,5,9H,3-4,6H2,(H,14,15)/t9-/m0/s1. The lowest BCUT2D eigenvalue weighted by Crippen LogP contribution is -2.23. The Balaban J connectivity index is 1.76. The molecule has 0 saturated carbocycles. The lowest BCUT2D eigenvalue weighted by molar-refractivity contribution is -0.145. The van der Waals surface area contributed by atoms with E-state index in [-0.39, 0.29) is 12.5 Å². The maximum atomic E-state index is 12.0. The molecule has 0 radical (unpaired) electrons. The van der Waals surface area contributed by atoms with Crippen LogP contribution in [-0.4, -0.2) is 36.3 Å². The van der Waals surface area contributed by atoms with Gasteiger partial charge >= 0.3 is 11.9 Å². The molecule has 1 N–H and O–H groups in total. The highest BCUT2D eigenvalue weighted by Gasteiger charge is 2.30. The lowest BCUT2D eigenvalue weighted by Gasteiger charge is -2.17. The largest absolute Gasteiger partial charge is 0.463 e. The summed E-state index contributed by atoms with van der Waals surface area (Å²) in [6.07, 6.45) is -0.454. The van der Waals surface area contributed by atoms with Gasteiger partial charge in [0.05, 0.1) is 23.6 Å². The molecule has 20 heavy (non-hydrogen) atoms. The van der Waals surface area contributed by atoms with E-state index in [1.165, 1.54) is 11.8 Å². The van der Waals surface area contributed by atoms with E-state index < -0.39 is 18.0 Å². The summed E-state index contributed by atoms with van der Waals surface area (Å²) in [5.74, 6) is -0.848. The second-order valence-corrected chi connectivity index (χ2v) is 5.42. The maximum Gasteiger partial charge on any atom is 0.347 e. The number of fused-ring (bicyclic) bond motifs is 1. The number of anilines is 1. The minimum atomic E-state index is -0.831. The molecule has 2 aliphatic heterocycles. The number of ether oxygens (including phenoxy) is 2. The number of esters is 2. The zero-order chi connectivity index (χ0) is 14.1. The molecule has 0 bridgehead atoms. The molecule has 2 aliphatic rings. The molecule has 104 valence electrons. The first kappa shape index (κ1) is 13.0. The molecule has 6 nitrogen and oxygen atoms in total. The second kappa shape index (κ2) is 5.16. The Morgan fingerprint density at radius 2 is 2.25 bits per heavy atom. The van der Waals surface area contributed by atoms with Gasteiger partial charge in [-0.05, 0) is 18.2 Å². The fourth-order valence-electron chi connectivity index (χ4n) is 1.99. The monoisotopic (exact) mass is 293 g/mol. The van der Waals surface area contributed by atoms with Gasteiger partial charge in [-0.25, -0.2) is 9.59 Å². The van der Waals surface area contributed by atoms with Gasteiger partial charge in [-0.1, -0.05) is 0 Å². The Labute approximate surface area is 118 Å². The van der Waals surface area contributed by atoms with Crippen LogP contribution in [0, 0.1) is 0 Å². The summed E-state index contributed by atoms with van der Waals surface area (Å²) in [6, 6.07) is 4.93. The molecule has 0 unspecified atom stereocenters. The Hall–Kier alpha value is -2.02. The van der Waals surface area contributed by atoms with Crippen molar-refractivity contribution in [1.29, 1.82) is 0 Å². The molecule has 0 aromatic heterocycles. The topological polar surface area (TPSA) is 81.7 Å². The third-order valence-electron chi connectivity index (χ3n) is 2.98. The van der Waals surface area contributed by atoms with Crippen LogP contribution < -0.4 is 5.32 Å². The van der Waals surface area contributed by atoms with Crippen molar-refractivity contribution < 1.29 is 23.9 Å². The SMILES string of the molecule is O=C1CSc2ccc(C(=O)O[C@H]3CCOC3=O)cc2N1. The Bertz CT molecular complexity index is 600. The molecule has 2 heterocycles. The minimum Gasteiger partial charge on any atom is -0.463 e. The van der Waals surface area contributed by atoms with Gasteiger partial charge in [0.25, 0.3) is 0 Å². The normalized spacial score (nSPS) is 20.9. The van der Waals surface area contributed by atoms with E-state index in [0.717, 1.165) is 4.90 Å². The van der Waals surface area contributed by atoms with E-state index in [1.54, 1.807) is 18.2 Å².